The van der Waals surface area contributed by atoms with Crippen LogP contribution in [0.4, 0.5) is 0 Å². The maximum absolute atomic E-state index is 10.2. The van der Waals surface area contributed by atoms with Crippen molar-refractivity contribution in [1.82, 2.24) is 0 Å². The van der Waals surface area contributed by atoms with E-state index >= 15 is 0 Å². The summed E-state index contributed by atoms with van der Waals surface area (Å²) in [6.45, 7) is 0. The Morgan fingerprint density at radius 1 is 0.458 bits per heavy atom. The summed E-state index contributed by atoms with van der Waals surface area (Å²) in [6.07, 6.45) is 1.62. The lowest BCUT2D eigenvalue weighted by Crippen LogP contribution is -1.87. The number of aromatic hydroxyl groups is 4. The molecule has 0 unspecified atom stereocenters. The smallest absolute Gasteiger partial charge is 0.153 e. The molecule has 0 aliphatic heterocycles. The van der Waals surface area contributed by atoms with E-state index in [4.69, 9.17) is 20.4 Å². The summed E-state index contributed by atoms with van der Waals surface area (Å²) >= 11 is 0. The van der Waals surface area contributed by atoms with Crippen LogP contribution in [0.3, 0.4) is 0 Å². The highest BCUT2D eigenvalue weighted by molar-refractivity contribution is 5.88. The molecule has 0 fully saturated rings. The Morgan fingerprint density at radius 2 is 0.667 bits per heavy atom. The fourth-order valence-corrected chi connectivity index (χ4v) is 1.60. The Kier molecular flexibility index (Phi) is 6.19. The van der Waals surface area contributed by atoms with Crippen LogP contribution in [0.2, 0.25) is 0 Å². The molecule has 2 aromatic carbocycles. The molecule has 0 heterocycles. The average Bonchev–Trinajstić information content (AvgIpc) is 2.56. The first-order valence-corrected chi connectivity index (χ1v) is 6.30. The topological polar surface area (TPSA) is 149 Å². The Labute approximate surface area is 135 Å². The van der Waals surface area contributed by atoms with E-state index in [0.29, 0.717) is 25.1 Å². The van der Waals surface area contributed by atoms with Crippen LogP contribution in [0, 0.1) is 0 Å². The lowest BCUT2D eigenvalue weighted by Gasteiger charge is -2.00. The maximum Gasteiger partial charge on any atom is 0.153 e. The highest BCUT2D eigenvalue weighted by atomic mass is 16.3. The van der Waals surface area contributed by atoms with Crippen LogP contribution in [0.1, 0.15) is 41.4 Å². The molecule has 0 radical (unpaired) electrons. The number of carbonyl (C=O) groups excluding carboxylic acids is 4. The molecule has 8 nitrogen and oxygen atoms in total. The Balaban J connectivity index is 0.000000240. The summed E-state index contributed by atoms with van der Waals surface area (Å²) in [5, 5.41) is 36.0. The Bertz CT molecular complexity index is 669. The number of hydrogen-bond donors (Lipinski definition) is 4. The molecule has 0 atom stereocenters. The molecule has 0 saturated carbocycles. The van der Waals surface area contributed by atoms with Crippen molar-refractivity contribution >= 4 is 25.1 Å². The highest BCUT2D eigenvalue weighted by Crippen LogP contribution is 2.25. The van der Waals surface area contributed by atoms with Gasteiger partial charge in [0.1, 0.15) is 23.0 Å². The van der Waals surface area contributed by atoms with Crippen LogP contribution in [-0.4, -0.2) is 45.6 Å². The lowest BCUT2D eigenvalue weighted by molar-refractivity contribution is 0.110. The summed E-state index contributed by atoms with van der Waals surface area (Å²) in [7, 11) is 0. The van der Waals surface area contributed by atoms with Gasteiger partial charge in [-0.1, -0.05) is 0 Å². The predicted molar refractivity (Wildman–Crippen MR) is 81.1 cm³/mol. The minimum absolute atomic E-state index is 0.0186. The van der Waals surface area contributed by atoms with Gasteiger partial charge in [0.05, 0.1) is 22.3 Å². The fraction of sp³-hybridized carbons (Fsp3) is 0. The first kappa shape index (κ1) is 18.4. The quantitative estimate of drug-likeness (QED) is 0.614. The monoisotopic (exact) mass is 332 g/mol. The molecule has 2 aromatic rings. The molecule has 0 spiro atoms. The van der Waals surface area contributed by atoms with Crippen LogP contribution in [0.25, 0.3) is 0 Å². The first-order chi connectivity index (χ1) is 11.4. The van der Waals surface area contributed by atoms with Crippen molar-refractivity contribution < 1.29 is 39.6 Å². The van der Waals surface area contributed by atoms with Crippen LogP contribution in [0.5, 0.6) is 23.0 Å². The van der Waals surface area contributed by atoms with E-state index in [1.807, 2.05) is 0 Å². The summed E-state index contributed by atoms with van der Waals surface area (Å²) in [6, 6.07) is 4.14. The molecule has 0 aliphatic carbocycles. The molecular weight excluding hydrogens is 320 g/mol. The molecular formula is C16H12O8. The van der Waals surface area contributed by atoms with Crippen LogP contribution in [0.15, 0.2) is 24.3 Å². The van der Waals surface area contributed by atoms with E-state index in [1.54, 1.807) is 0 Å². The van der Waals surface area contributed by atoms with E-state index in [1.165, 1.54) is 0 Å². The molecule has 0 amide bonds. The third-order valence-corrected chi connectivity index (χ3v) is 2.86. The zero-order valence-electron chi connectivity index (χ0n) is 12.0. The minimum Gasteiger partial charge on any atom is -0.507 e. The zero-order valence-corrected chi connectivity index (χ0v) is 12.0. The molecule has 0 saturated heterocycles. The van der Waals surface area contributed by atoms with Gasteiger partial charge < -0.3 is 20.4 Å². The van der Waals surface area contributed by atoms with Crippen molar-refractivity contribution in [3.63, 3.8) is 0 Å². The number of aldehydes is 4. The van der Waals surface area contributed by atoms with Crippen LogP contribution in [-0.2, 0) is 0 Å². The SMILES string of the molecule is O=Cc1cc(C=O)c(O)cc1O.O=Cc1cc(C=O)c(O)cc1O. The molecule has 0 bridgehead atoms. The fourth-order valence-electron chi connectivity index (χ4n) is 1.60. The van der Waals surface area contributed by atoms with Gasteiger partial charge in [-0.05, 0) is 12.1 Å². The summed E-state index contributed by atoms with van der Waals surface area (Å²) in [5.41, 5.74) is -0.0744. The zero-order chi connectivity index (χ0) is 18.3. The van der Waals surface area contributed by atoms with Gasteiger partial charge in [-0.2, -0.15) is 0 Å². The number of rotatable bonds is 4. The van der Waals surface area contributed by atoms with Gasteiger partial charge in [0, 0.05) is 12.1 Å². The summed E-state index contributed by atoms with van der Waals surface area (Å²) in [5.74, 6) is -1.36. The third-order valence-electron chi connectivity index (χ3n) is 2.86. The second-order valence-electron chi connectivity index (χ2n) is 4.41. The predicted octanol–water partition coefficient (Wildman–Crippen LogP) is 1.45. The van der Waals surface area contributed by atoms with E-state index in [2.05, 4.69) is 0 Å². The van der Waals surface area contributed by atoms with E-state index in [0.717, 1.165) is 24.3 Å². The minimum atomic E-state index is -0.340. The van der Waals surface area contributed by atoms with E-state index in [-0.39, 0.29) is 45.3 Å². The second kappa shape index (κ2) is 8.08. The normalized spacial score (nSPS) is 9.33. The summed E-state index contributed by atoms with van der Waals surface area (Å²) < 4.78 is 0. The van der Waals surface area contributed by atoms with Gasteiger partial charge in [0.15, 0.2) is 25.1 Å². The number of hydrogen-bond acceptors (Lipinski definition) is 8. The Hall–Kier alpha value is -3.68. The number of phenolic OH excluding ortho intramolecular Hbond substituents is 4. The van der Waals surface area contributed by atoms with Crippen molar-refractivity contribution in [1.29, 1.82) is 0 Å². The number of phenols is 4. The van der Waals surface area contributed by atoms with Crippen LogP contribution >= 0.6 is 0 Å². The molecule has 124 valence electrons. The molecule has 0 aliphatic rings. The van der Waals surface area contributed by atoms with Crippen molar-refractivity contribution in [2.45, 2.75) is 0 Å². The third kappa shape index (κ3) is 4.17. The van der Waals surface area contributed by atoms with Gasteiger partial charge in [0.2, 0.25) is 0 Å². The molecule has 2 rings (SSSR count). The van der Waals surface area contributed by atoms with Gasteiger partial charge in [-0.15, -0.1) is 0 Å². The Morgan fingerprint density at radius 3 is 0.833 bits per heavy atom. The lowest BCUT2D eigenvalue weighted by atomic mass is 10.1. The maximum atomic E-state index is 10.2. The number of benzene rings is 2. The van der Waals surface area contributed by atoms with Crippen LogP contribution < -0.4 is 0 Å². The number of carbonyl (C=O) groups is 4. The second-order valence-corrected chi connectivity index (χ2v) is 4.41. The standard InChI is InChI=1S/2C8H6O4/c2*9-3-5-1-6(4-10)8(12)2-7(5)11/h2*1-4,11-12H. The highest BCUT2D eigenvalue weighted by Gasteiger charge is 2.07. The van der Waals surface area contributed by atoms with Gasteiger partial charge in [-0.3, -0.25) is 19.2 Å². The largest absolute Gasteiger partial charge is 0.507 e. The average molecular weight is 332 g/mol. The van der Waals surface area contributed by atoms with E-state index < -0.39 is 0 Å². The molecule has 4 N–H and O–H groups in total. The van der Waals surface area contributed by atoms with Gasteiger partial charge in [-0.25, -0.2) is 0 Å². The van der Waals surface area contributed by atoms with Crippen molar-refractivity contribution in [2.75, 3.05) is 0 Å². The van der Waals surface area contributed by atoms with Crippen molar-refractivity contribution in [3.8, 4) is 23.0 Å². The van der Waals surface area contributed by atoms with E-state index in [9.17, 15) is 19.2 Å². The van der Waals surface area contributed by atoms with Crippen molar-refractivity contribution in [2.24, 2.45) is 0 Å². The van der Waals surface area contributed by atoms with Crippen molar-refractivity contribution in [3.05, 3.63) is 46.5 Å². The molecule has 24 heavy (non-hydrogen) atoms. The van der Waals surface area contributed by atoms with Gasteiger partial charge >= 0.3 is 0 Å². The van der Waals surface area contributed by atoms with Gasteiger partial charge in [0.25, 0.3) is 0 Å². The summed E-state index contributed by atoms with van der Waals surface area (Å²) in [4.78, 5) is 41.0. The molecule has 0 aromatic heterocycles. The molecule has 8 heteroatoms. The first-order valence-electron chi connectivity index (χ1n) is 6.30.